The molecule has 1 aromatic carbocycles. The number of fused-ring (bicyclic) bond motifs is 1. The molecular formula is C16H16ClN5O2S. The molecule has 3 aromatic rings. The number of halogens is 1. The highest BCUT2D eigenvalue weighted by Gasteiger charge is 2.30. The van der Waals surface area contributed by atoms with Gasteiger partial charge in [0.15, 0.2) is 0 Å². The third-order valence-electron chi connectivity index (χ3n) is 4.32. The molecule has 2 heterocycles. The first-order chi connectivity index (χ1) is 11.9. The number of aromatic nitrogens is 3. The highest BCUT2D eigenvalue weighted by Crippen LogP contribution is 2.40. The topological polar surface area (TPSA) is 109 Å². The lowest BCUT2D eigenvalue weighted by atomic mass is 10.1. The summed E-state index contributed by atoms with van der Waals surface area (Å²) < 4.78 is 2.18. The van der Waals surface area contributed by atoms with E-state index in [0.29, 0.717) is 31.9 Å². The molecule has 130 valence electrons. The number of benzene rings is 1. The van der Waals surface area contributed by atoms with Crippen molar-refractivity contribution in [2.24, 2.45) is 5.73 Å². The fourth-order valence-corrected chi connectivity index (χ4v) is 4.02. The van der Waals surface area contributed by atoms with Crippen LogP contribution < -0.4 is 22.8 Å². The number of hydrogen-bond acceptors (Lipinski definition) is 6. The van der Waals surface area contributed by atoms with Crippen molar-refractivity contribution in [3.63, 3.8) is 0 Å². The van der Waals surface area contributed by atoms with Gasteiger partial charge in [0.2, 0.25) is 0 Å². The van der Waals surface area contributed by atoms with Crippen LogP contribution in [0.15, 0.2) is 27.1 Å². The van der Waals surface area contributed by atoms with Crippen molar-refractivity contribution in [2.45, 2.75) is 31.8 Å². The molecule has 0 amide bonds. The number of nitrogens with two attached hydrogens (primary N) is 2. The van der Waals surface area contributed by atoms with Gasteiger partial charge in [-0.2, -0.15) is 4.68 Å². The molecule has 1 aliphatic carbocycles. The zero-order valence-corrected chi connectivity index (χ0v) is 15.0. The lowest BCUT2D eigenvalue weighted by Crippen LogP contribution is -2.44. The van der Waals surface area contributed by atoms with Crippen molar-refractivity contribution in [1.29, 1.82) is 0 Å². The normalized spacial score (nSPS) is 15.6. The molecule has 4 rings (SSSR count). The monoisotopic (exact) mass is 377 g/mol. The number of rotatable bonds is 3. The maximum atomic E-state index is 12.5. The van der Waals surface area contributed by atoms with Gasteiger partial charge in [-0.25, -0.2) is 9.78 Å². The van der Waals surface area contributed by atoms with E-state index in [0.717, 1.165) is 17.8 Å². The Morgan fingerprint density at radius 3 is 2.68 bits per heavy atom. The SMILES string of the molecule is CC(N)c1nc(-c2ccc3c(=O)n(N)c(=O)n(C4CC4)c3c2Cl)cs1. The van der Waals surface area contributed by atoms with Crippen LogP contribution in [0, 0.1) is 0 Å². The molecule has 9 heteroatoms. The summed E-state index contributed by atoms with van der Waals surface area (Å²) in [5, 5.41) is 3.32. The summed E-state index contributed by atoms with van der Waals surface area (Å²) in [7, 11) is 0. The van der Waals surface area contributed by atoms with Gasteiger partial charge >= 0.3 is 5.69 Å². The number of hydrogen-bond donors (Lipinski definition) is 2. The second-order valence-electron chi connectivity index (χ2n) is 6.24. The first-order valence-electron chi connectivity index (χ1n) is 7.86. The van der Waals surface area contributed by atoms with Crippen LogP contribution in [0.25, 0.3) is 22.2 Å². The lowest BCUT2D eigenvalue weighted by molar-refractivity contribution is 0.664. The van der Waals surface area contributed by atoms with Gasteiger partial charge in [0.05, 0.1) is 27.7 Å². The summed E-state index contributed by atoms with van der Waals surface area (Å²) in [6, 6.07) is 3.22. The predicted molar refractivity (Wildman–Crippen MR) is 99.6 cm³/mol. The van der Waals surface area contributed by atoms with Gasteiger partial charge in [0.1, 0.15) is 5.01 Å². The first-order valence-corrected chi connectivity index (χ1v) is 9.12. The number of thiazole rings is 1. The third-order valence-corrected chi connectivity index (χ3v) is 5.75. The molecule has 1 saturated carbocycles. The average Bonchev–Trinajstić information content (AvgIpc) is 3.29. The Hall–Kier alpha value is -2.16. The first kappa shape index (κ1) is 16.3. The minimum absolute atomic E-state index is 0.0215. The molecule has 0 spiro atoms. The molecular weight excluding hydrogens is 362 g/mol. The molecule has 1 unspecified atom stereocenters. The van der Waals surface area contributed by atoms with E-state index in [1.807, 2.05) is 12.3 Å². The Bertz CT molecular complexity index is 1110. The van der Waals surface area contributed by atoms with Crippen molar-refractivity contribution in [1.82, 2.24) is 14.2 Å². The standard InChI is InChI=1S/C16H16ClN5O2S/c1-7(18)14-20-11(6-25-14)9-4-5-10-13(12(9)17)21(8-2-3-8)16(24)22(19)15(10)23/h4-8H,2-3,18-19H2,1H3. The minimum atomic E-state index is -0.556. The van der Waals surface area contributed by atoms with Gasteiger partial charge in [0.25, 0.3) is 5.56 Å². The number of nitrogens with zero attached hydrogens (tertiary/aromatic N) is 3. The maximum Gasteiger partial charge on any atom is 0.350 e. The molecule has 1 aliphatic rings. The summed E-state index contributed by atoms with van der Waals surface area (Å²) in [6.45, 7) is 1.86. The zero-order chi connectivity index (χ0) is 17.9. The summed E-state index contributed by atoms with van der Waals surface area (Å²) >= 11 is 8.07. The van der Waals surface area contributed by atoms with E-state index in [1.165, 1.54) is 15.9 Å². The molecule has 0 radical (unpaired) electrons. The van der Waals surface area contributed by atoms with Crippen LogP contribution in [0.1, 0.15) is 36.9 Å². The van der Waals surface area contributed by atoms with Crippen molar-refractivity contribution in [2.75, 3.05) is 5.84 Å². The zero-order valence-electron chi connectivity index (χ0n) is 13.4. The van der Waals surface area contributed by atoms with Crippen LogP contribution in [-0.2, 0) is 0 Å². The van der Waals surface area contributed by atoms with Gasteiger partial charge < -0.3 is 11.6 Å². The predicted octanol–water partition coefficient (Wildman–Crippen LogP) is 2.01. The molecule has 1 fully saturated rings. The van der Waals surface area contributed by atoms with Crippen LogP contribution in [0.2, 0.25) is 5.02 Å². The van der Waals surface area contributed by atoms with E-state index >= 15 is 0 Å². The Labute approximate surface area is 151 Å². The minimum Gasteiger partial charge on any atom is -0.332 e. The van der Waals surface area contributed by atoms with Crippen molar-refractivity contribution in [3.8, 4) is 11.3 Å². The summed E-state index contributed by atoms with van der Waals surface area (Å²) in [5.41, 5.74) is 6.54. The summed E-state index contributed by atoms with van der Waals surface area (Å²) in [4.78, 5) is 29.4. The van der Waals surface area contributed by atoms with Crippen LogP contribution in [0.4, 0.5) is 0 Å². The molecule has 4 N–H and O–H groups in total. The van der Waals surface area contributed by atoms with Crippen LogP contribution in [0.3, 0.4) is 0 Å². The lowest BCUT2D eigenvalue weighted by Gasteiger charge is -2.14. The molecule has 0 bridgehead atoms. The van der Waals surface area contributed by atoms with E-state index in [1.54, 1.807) is 12.1 Å². The Kier molecular flexibility index (Phi) is 3.71. The van der Waals surface area contributed by atoms with Gasteiger partial charge in [-0.05, 0) is 25.8 Å². The molecule has 0 aliphatic heterocycles. The molecule has 7 nitrogen and oxygen atoms in total. The molecule has 2 aromatic heterocycles. The van der Waals surface area contributed by atoms with Crippen LogP contribution in [-0.4, -0.2) is 14.2 Å². The largest absolute Gasteiger partial charge is 0.350 e. The highest BCUT2D eigenvalue weighted by atomic mass is 35.5. The quantitative estimate of drug-likeness (QED) is 0.678. The van der Waals surface area contributed by atoms with Crippen molar-refractivity contribution >= 4 is 33.8 Å². The van der Waals surface area contributed by atoms with Crippen molar-refractivity contribution < 1.29 is 0 Å². The van der Waals surface area contributed by atoms with Gasteiger partial charge in [-0.1, -0.05) is 17.7 Å². The fourth-order valence-electron chi connectivity index (χ4n) is 2.89. The highest BCUT2D eigenvalue weighted by molar-refractivity contribution is 7.10. The Balaban J connectivity index is 2.05. The van der Waals surface area contributed by atoms with E-state index in [2.05, 4.69) is 4.98 Å². The second kappa shape index (κ2) is 5.69. The van der Waals surface area contributed by atoms with E-state index in [9.17, 15) is 9.59 Å². The third kappa shape index (κ3) is 2.48. The average molecular weight is 378 g/mol. The van der Waals surface area contributed by atoms with Gasteiger partial charge in [-0.3, -0.25) is 9.36 Å². The van der Waals surface area contributed by atoms with Crippen LogP contribution in [0.5, 0.6) is 0 Å². The Morgan fingerprint density at radius 1 is 1.36 bits per heavy atom. The molecule has 1 atom stereocenters. The molecule has 0 saturated heterocycles. The maximum absolute atomic E-state index is 12.5. The second-order valence-corrected chi connectivity index (χ2v) is 7.51. The Morgan fingerprint density at radius 2 is 2.08 bits per heavy atom. The van der Waals surface area contributed by atoms with Crippen LogP contribution >= 0.6 is 22.9 Å². The number of nitrogen functional groups attached to an aromatic ring is 1. The summed E-state index contributed by atoms with van der Waals surface area (Å²) in [6.07, 6.45) is 1.72. The van der Waals surface area contributed by atoms with E-state index < -0.39 is 11.2 Å². The van der Waals surface area contributed by atoms with E-state index in [4.69, 9.17) is 23.2 Å². The smallest absolute Gasteiger partial charge is 0.332 e. The molecule has 25 heavy (non-hydrogen) atoms. The van der Waals surface area contributed by atoms with E-state index in [-0.39, 0.29) is 12.1 Å². The van der Waals surface area contributed by atoms with Gasteiger partial charge in [0, 0.05) is 17.0 Å². The summed E-state index contributed by atoms with van der Waals surface area (Å²) in [5.74, 6) is 5.65. The van der Waals surface area contributed by atoms with Gasteiger partial charge in [-0.15, -0.1) is 11.3 Å². The van der Waals surface area contributed by atoms with Crippen molar-refractivity contribution in [3.05, 3.63) is 48.4 Å². The fraction of sp³-hybridized carbons (Fsp3) is 0.312.